The summed E-state index contributed by atoms with van der Waals surface area (Å²) in [6, 6.07) is 33.2. The lowest BCUT2D eigenvalue weighted by Gasteiger charge is -2.22. The van der Waals surface area contributed by atoms with Gasteiger partial charge in [-0.05, 0) is 98.7 Å². The van der Waals surface area contributed by atoms with E-state index in [0.29, 0.717) is 46.0 Å². The third-order valence-electron chi connectivity index (χ3n) is 11.2. The second-order valence-corrected chi connectivity index (χ2v) is 19.4. The lowest BCUT2D eigenvalue weighted by atomic mass is 9.91. The molecule has 3 atom stereocenters. The molecule has 0 bridgehead atoms. The van der Waals surface area contributed by atoms with Crippen LogP contribution in [0.2, 0.25) is 0 Å². The first kappa shape index (κ1) is 54.9. The number of carboxylic acids is 1. The van der Waals surface area contributed by atoms with Crippen molar-refractivity contribution in [3.63, 3.8) is 0 Å². The topological polar surface area (TPSA) is 207 Å². The minimum atomic E-state index is -5.04. The molecule has 0 saturated carbocycles. The summed E-state index contributed by atoms with van der Waals surface area (Å²) < 4.78 is 133. The maximum absolute atomic E-state index is 13.5. The zero-order valence-corrected chi connectivity index (χ0v) is 41.4. The van der Waals surface area contributed by atoms with Crippen molar-refractivity contribution in [2.45, 2.75) is 68.0 Å². The van der Waals surface area contributed by atoms with Gasteiger partial charge in [0.25, 0.3) is 0 Å². The van der Waals surface area contributed by atoms with Crippen LogP contribution < -0.4 is 18.9 Å². The lowest BCUT2D eigenvalue weighted by molar-refractivity contribution is -0.276. The maximum atomic E-state index is 13.5. The molecular weight excluding hydrogens is 1090 g/mol. The summed E-state index contributed by atoms with van der Waals surface area (Å²) in [5.41, 5.74) is 4.30. The second-order valence-electron chi connectivity index (χ2n) is 16.6. The quantitative estimate of drug-likeness (QED) is 0.0747. The summed E-state index contributed by atoms with van der Waals surface area (Å²) in [5, 5.41) is 17.0. The molecule has 2 amide bonds. The third kappa shape index (κ3) is 15.8. The smallest absolute Gasteiger partial charge is 0.489 e. The number of imide groups is 1. The fraction of sp³-hybridized carbons (Fsp3) is 0.235. The van der Waals surface area contributed by atoms with Gasteiger partial charge in [0.15, 0.2) is 9.84 Å². The Morgan fingerprint density at radius 3 is 1.69 bits per heavy atom. The highest BCUT2D eigenvalue weighted by atomic mass is 79.9. The van der Waals surface area contributed by atoms with Gasteiger partial charge in [0.1, 0.15) is 60.2 Å². The van der Waals surface area contributed by atoms with Crippen LogP contribution >= 0.6 is 15.9 Å². The Labute approximate surface area is 431 Å². The highest BCUT2D eigenvalue weighted by Crippen LogP contribution is 2.35. The molecule has 16 nitrogen and oxygen atoms in total. The molecule has 1 aliphatic heterocycles. The summed E-state index contributed by atoms with van der Waals surface area (Å²) >= 11 is 3.08. The maximum Gasteiger partial charge on any atom is 0.573 e. The third-order valence-corrected chi connectivity index (χ3v) is 12.9. The van der Waals surface area contributed by atoms with Crippen LogP contribution in [0.4, 0.5) is 31.1 Å². The minimum Gasteiger partial charge on any atom is -0.489 e. The van der Waals surface area contributed by atoms with E-state index in [1.807, 2.05) is 30.3 Å². The second kappa shape index (κ2) is 24.0. The summed E-state index contributed by atoms with van der Waals surface area (Å²) in [4.78, 5) is 37.8. The Bertz CT molecular complexity index is 3150. The molecule has 75 heavy (non-hydrogen) atoms. The fourth-order valence-electron chi connectivity index (χ4n) is 7.75. The van der Waals surface area contributed by atoms with Crippen LogP contribution in [0.1, 0.15) is 63.9 Å². The van der Waals surface area contributed by atoms with Gasteiger partial charge in [0.2, 0.25) is 5.91 Å². The number of cyclic esters (lactones) is 1. The fourth-order valence-corrected chi connectivity index (χ4v) is 9.10. The van der Waals surface area contributed by atoms with E-state index in [-0.39, 0.29) is 42.9 Å². The lowest BCUT2D eigenvalue weighted by Crippen LogP contribution is -2.40. The summed E-state index contributed by atoms with van der Waals surface area (Å²) in [7, 11) is -4.00. The van der Waals surface area contributed by atoms with E-state index in [9.17, 15) is 54.3 Å². The molecule has 0 spiro atoms. The van der Waals surface area contributed by atoms with Crippen LogP contribution in [0.5, 0.6) is 23.0 Å². The largest absolute Gasteiger partial charge is 0.573 e. The number of benzene rings is 5. The molecular formula is C51H42BrF6N3O13S. The van der Waals surface area contributed by atoms with E-state index in [4.69, 9.17) is 23.3 Å². The van der Waals surface area contributed by atoms with Crippen molar-refractivity contribution >= 4 is 43.7 Å². The van der Waals surface area contributed by atoms with Crippen LogP contribution in [0.25, 0.3) is 0 Å². The Kier molecular flexibility index (Phi) is 17.6. The number of nitrogens with zero attached hydrogens (tertiary/aromatic N) is 3. The molecule has 8 rings (SSSR count). The van der Waals surface area contributed by atoms with Crippen LogP contribution in [-0.2, 0) is 43.8 Å². The number of aliphatic carboxylic acids is 1. The highest BCUT2D eigenvalue weighted by molar-refractivity contribution is 9.10. The number of ether oxygens (including phenoxy) is 5. The molecule has 1 saturated heterocycles. The Balaban J connectivity index is 0.000000226. The van der Waals surface area contributed by atoms with Gasteiger partial charge < -0.3 is 37.8 Å². The molecule has 1 N–H and O–H groups in total. The van der Waals surface area contributed by atoms with Crippen molar-refractivity contribution < 1.29 is 87.0 Å². The van der Waals surface area contributed by atoms with E-state index < -0.39 is 69.1 Å². The van der Waals surface area contributed by atoms with Gasteiger partial charge in [-0.1, -0.05) is 77.0 Å². The van der Waals surface area contributed by atoms with Gasteiger partial charge in [-0.3, -0.25) is 9.59 Å². The first-order valence-electron chi connectivity index (χ1n) is 22.2. The van der Waals surface area contributed by atoms with E-state index in [0.717, 1.165) is 29.5 Å². The van der Waals surface area contributed by atoms with Gasteiger partial charge in [0, 0.05) is 36.6 Å². The van der Waals surface area contributed by atoms with Crippen molar-refractivity contribution in [2.24, 2.45) is 0 Å². The van der Waals surface area contributed by atoms with Gasteiger partial charge >= 0.3 is 24.8 Å². The number of halogens is 7. The van der Waals surface area contributed by atoms with Crippen molar-refractivity contribution in [3.8, 4) is 23.0 Å². The van der Waals surface area contributed by atoms with Crippen LogP contribution in [0.15, 0.2) is 158 Å². The van der Waals surface area contributed by atoms with Crippen molar-refractivity contribution in [1.29, 1.82) is 0 Å². The van der Waals surface area contributed by atoms with E-state index in [1.54, 1.807) is 60.7 Å². The number of hydrogen-bond donors (Lipinski definition) is 1. The summed E-state index contributed by atoms with van der Waals surface area (Å²) in [6.45, 7) is 0.0834. The number of aromatic nitrogens is 2. The van der Waals surface area contributed by atoms with Crippen molar-refractivity contribution in [1.82, 2.24) is 15.2 Å². The first-order valence-corrected chi connectivity index (χ1v) is 24.9. The molecule has 24 heteroatoms. The average molecular weight is 1130 g/mol. The summed E-state index contributed by atoms with van der Waals surface area (Å²) in [5.74, 6) is -2.74. The number of alkyl halides is 6. The SMILES string of the molecule is CS(=O)(=O)c1cc(COc2ccc([C@H](CC(=O)O)c3ccon3)cc2)ccc1OC(F)(F)F.O=C(C[C@@H](c1ccc(OCc2ccc(OC(F)(F)F)c(Br)c2)cc1)c1ccon1)N1C(=O)OC[C@@H]1Cc1ccccc1. The number of amides is 2. The Morgan fingerprint density at radius 2 is 1.21 bits per heavy atom. The molecule has 1 fully saturated rings. The molecule has 0 aliphatic carbocycles. The first-order chi connectivity index (χ1) is 35.6. The number of carbonyl (C=O) groups is 3. The van der Waals surface area contributed by atoms with E-state index in [1.165, 1.54) is 41.7 Å². The van der Waals surface area contributed by atoms with Crippen LogP contribution in [-0.4, -0.2) is 78.3 Å². The Morgan fingerprint density at radius 1 is 0.707 bits per heavy atom. The van der Waals surface area contributed by atoms with Gasteiger partial charge in [-0.2, -0.15) is 0 Å². The normalized spacial score (nSPS) is 14.5. The van der Waals surface area contributed by atoms with E-state index in [2.05, 4.69) is 35.7 Å². The van der Waals surface area contributed by atoms with Crippen molar-refractivity contribution in [3.05, 3.63) is 184 Å². The highest BCUT2D eigenvalue weighted by Gasteiger charge is 2.39. The van der Waals surface area contributed by atoms with E-state index >= 15 is 0 Å². The number of rotatable bonds is 19. The standard InChI is InChI=1S/C30H24BrF3N2O6.C21H18F3NO7S/c31-25-15-20(6-11-27(25)42-30(32,33)34)17-39-23-9-7-21(8-10-23)24(26-12-13-41-35-26)16-28(37)36-22(18-40-29(36)38)14-19-4-2-1-3-5-19;1-33(28,29)19-10-13(2-7-18(19)32-21(22,23)24)12-30-15-5-3-14(4-6-15)16(11-20(26)27)17-8-9-31-25-17/h1-13,15,22,24H,14,16-18H2;2-10,16H,11-12H2,1H3,(H,26,27)/t22-,24-;16-/m00/s1. The van der Waals surface area contributed by atoms with Crippen molar-refractivity contribution in [2.75, 3.05) is 12.9 Å². The molecule has 7 aromatic rings. The molecule has 0 unspecified atom stereocenters. The minimum absolute atomic E-state index is 0.0481. The molecule has 3 heterocycles. The molecule has 1 aliphatic rings. The predicted molar refractivity (Wildman–Crippen MR) is 254 cm³/mol. The van der Waals surface area contributed by atoms with Crippen LogP contribution in [0, 0.1) is 0 Å². The number of sulfone groups is 1. The van der Waals surface area contributed by atoms with Crippen LogP contribution in [0.3, 0.4) is 0 Å². The molecule has 394 valence electrons. The van der Waals surface area contributed by atoms with Gasteiger partial charge in [-0.15, -0.1) is 26.3 Å². The monoisotopic (exact) mass is 1130 g/mol. The number of carbonyl (C=O) groups excluding carboxylic acids is 2. The summed E-state index contributed by atoms with van der Waals surface area (Å²) in [6.07, 6.45) is -6.74. The molecule has 0 radical (unpaired) electrons. The Hall–Kier alpha value is -7.86. The number of carboxylic acid groups (broad SMARTS) is 1. The van der Waals surface area contributed by atoms with Gasteiger partial charge in [0.05, 0.1) is 28.3 Å². The zero-order chi connectivity index (χ0) is 53.9. The predicted octanol–water partition coefficient (Wildman–Crippen LogP) is 11.2. The molecule has 2 aromatic heterocycles. The average Bonchev–Trinajstić information content (AvgIpc) is 4.16. The number of hydrogen-bond acceptors (Lipinski definition) is 14. The van der Waals surface area contributed by atoms with Gasteiger partial charge in [-0.25, -0.2) is 18.1 Å². The zero-order valence-electron chi connectivity index (χ0n) is 39.0. The molecule has 5 aromatic carbocycles.